The second-order valence-corrected chi connectivity index (χ2v) is 5.81. The molecule has 0 aliphatic carbocycles. The van der Waals surface area contributed by atoms with E-state index in [0.29, 0.717) is 11.4 Å². The SMILES string of the molecule is CC(=O)N(C)c1ccc(NC(=O)CN[C@H](c2cccnc2)C(F)(F)F)cc1. The summed E-state index contributed by atoms with van der Waals surface area (Å²) in [5, 5.41) is 4.72. The average molecular weight is 380 g/mol. The van der Waals surface area contributed by atoms with E-state index in [2.05, 4.69) is 15.6 Å². The molecule has 0 bridgehead atoms. The molecule has 0 radical (unpaired) electrons. The van der Waals surface area contributed by atoms with E-state index in [1.807, 2.05) is 0 Å². The summed E-state index contributed by atoms with van der Waals surface area (Å²) in [4.78, 5) is 28.4. The Morgan fingerprint density at radius 2 is 1.85 bits per heavy atom. The monoisotopic (exact) mass is 380 g/mol. The van der Waals surface area contributed by atoms with Crippen LogP contribution in [0.4, 0.5) is 24.5 Å². The second kappa shape index (κ2) is 8.63. The molecule has 6 nitrogen and oxygen atoms in total. The van der Waals surface area contributed by atoms with Gasteiger partial charge in [0.2, 0.25) is 11.8 Å². The summed E-state index contributed by atoms with van der Waals surface area (Å²) < 4.78 is 39.6. The van der Waals surface area contributed by atoms with Crippen molar-refractivity contribution < 1.29 is 22.8 Å². The summed E-state index contributed by atoms with van der Waals surface area (Å²) in [5.74, 6) is -0.773. The first-order chi connectivity index (χ1) is 12.7. The van der Waals surface area contributed by atoms with Gasteiger partial charge in [-0.25, -0.2) is 0 Å². The van der Waals surface area contributed by atoms with Crippen molar-refractivity contribution in [3.05, 3.63) is 54.4 Å². The van der Waals surface area contributed by atoms with Crippen LogP contribution in [0.3, 0.4) is 0 Å². The third kappa shape index (κ3) is 5.78. The minimum atomic E-state index is -4.57. The normalized spacial score (nSPS) is 12.3. The number of hydrogen-bond donors (Lipinski definition) is 2. The van der Waals surface area contributed by atoms with E-state index in [-0.39, 0.29) is 11.5 Å². The largest absolute Gasteiger partial charge is 0.407 e. The summed E-state index contributed by atoms with van der Waals surface area (Å²) in [6, 6.07) is 7.07. The predicted molar refractivity (Wildman–Crippen MR) is 95.2 cm³/mol. The van der Waals surface area contributed by atoms with Crippen molar-refractivity contribution in [3.8, 4) is 0 Å². The minimum absolute atomic E-state index is 0.0746. The Morgan fingerprint density at radius 1 is 1.19 bits per heavy atom. The lowest BCUT2D eigenvalue weighted by Gasteiger charge is -2.21. The Kier molecular flexibility index (Phi) is 6.51. The van der Waals surface area contributed by atoms with Gasteiger partial charge in [-0.1, -0.05) is 6.07 Å². The molecule has 2 N–H and O–H groups in total. The number of amides is 2. The summed E-state index contributed by atoms with van der Waals surface area (Å²) in [6.45, 7) is 0.884. The first-order valence-electron chi connectivity index (χ1n) is 8.02. The van der Waals surface area contributed by atoms with Gasteiger partial charge in [0, 0.05) is 37.7 Å². The van der Waals surface area contributed by atoms with Crippen LogP contribution >= 0.6 is 0 Å². The number of carbonyl (C=O) groups is 2. The van der Waals surface area contributed by atoms with E-state index in [9.17, 15) is 22.8 Å². The zero-order chi connectivity index (χ0) is 20.0. The number of carbonyl (C=O) groups excluding carboxylic acids is 2. The number of aromatic nitrogens is 1. The van der Waals surface area contributed by atoms with Crippen molar-refractivity contribution in [1.29, 1.82) is 0 Å². The fraction of sp³-hybridized carbons (Fsp3) is 0.278. The summed E-state index contributed by atoms with van der Waals surface area (Å²) in [5.41, 5.74) is 0.967. The van der Waals surface area contributed by atoms with E-state index < -0.39 is 24.7 Å². The maximum atomic E-state index is 13.2. The topological polar surface area (TPSA) is 74.3 Å². The van der Waals surface area contributed by atoms with E-state index >= 15 is 0 Å². The molecule has 0 aliphatic heterocycles. The highest BCUT2D eigenvalue weighted by Crippen LogP contribution is 2.32. The minimum Gasteiger partial charge on any atom is -0.325 e. The number of rotatable bonds is 6. The predicted octanol–water partition coefficient (Wildman–Crippen LogP) is 2.90. The lowest BCUT2D eigenvalue weighted by molar-refractivity contribution is -0.158. The van der Waals surface area contributed by atoms with Crippen LogP contribution in [-0.4, -0.2) is 36.6 Å². The van der Waals surface area contributed by atoms with Crippen molar-refractivity contribution in [2.45, 2.75) is 19.1 Å². The van der Waals surface area contributed by atoms with Gasteiger partial charge in [0.1, 0.15) is 6.04 Å². The summed E-state index contributed by atoms with van der Waals surface area (Å²) >= 11 is 0. The van der Waals surface area contributed by atoms with Crippen molar-refractivity contribution in [3.63, 3.8) is 0 Å². The molecule has 0 spiro atoms. The van der Waals surface area contributed by atoms with Gasteiger partial charge in [-0.2, -0.15) is 13.2 Å². The lowest BCUT2D eigenvalue weighted by atomic mass is 10.1. The van der Waals surface area contributed by atoms with Crippen LogP contribution in [0, 0.1) is 0 Å². The molecule has 1 atom stereocenters. The van der Waals surface area contributed by atoms with Gasteiger partial charge in [0.05, 0.1) is 6.54 Å². The van der Waals surface area contributed by atoms with E-state index in [1.165, 1.54) is 30.2 Å². The van der Waals surface area contributed by atoms with Crippen LogP contribution in [0.2, 0.25) is 0 Å². The molecule has 1 aromatic heterocycles. The molecule has 0 unspecified atom stereocenters. The number of pyridine rings is 1. The zero-order valence-electron chi connectivity index (χ0n) is 14.7. The van der Waals surface area contributed by atoms with Crippen LogP contribution < -0.4 is 15.5 Å². The van der Waals surface area contributed by atoms with Gasteiger partial charge < -0.3 is 10.2 Å². The number of nitrogens with zero attached hydrogens (tertiary/aromatic N) is 2. The first-order valence-corrected chi connectivity index (χ1v) is 8.02. The Hall–Kier alpha value is -2.94. The van der Waals surface area contributed by atoms with Crippen LogP contribution in [0.25, 0.3) is 0 Å². The van der Waals surface area contributed by atoms with Gasteiger partial charge >= 0.3 is 6.18 Å². The second-order valence-electron chi connectivity index (χ2n) is 5.81. The van der Waals surface area contributed by atoms with Gasteiger partial charge in [0.15, 0.2) is 0 Å². The third-order valence-corrected chi connectivity index (χ3v) is 3.82. The average Bonchev–Trinajstić information content (AvgIpc) is 2.61. The fourth-order valence-corrected chi connectivity index (χ4v) is 2.32. The quantitative estimate of drug-likeness (QED) is 0.808. The third-order valence-electron chi connectivity index (χ3n) is 3.82. The van der Waals surface area contributed by atoms with Crippen molar-refractivity contribution >= 4 is 23.2 Å². The molecule has 1 aromatic carbocycles. The van der Waals surface area contributed by atoms with E-state index in [0.717, 1.165) is 6.20 Å². The van der Waals surface area contributed by atoms with Crippen molar-refractivity contribution in [2.24, 2.45) is 0 Å². The summed E-state index contributed by atoms with van der Waals surface area (Å²) in [6.07, 6.45) is -2.09. The Labute approximate surface area is 154 Å². The van der Waals surface area contributed by atoms with Crippen molar-refractivity contribution in [2.75, 3.05) is 23.8 Å². The molecule has 0 saturated carbocycles. The highest BCUT2D eigenvalue weighted by atomic mass is 19.4. The highest BCUT2D eigenvalue weighted by Gasteiger charge is 2.40. The van der Waals surface area contributed by atoms with Gasteiger partial charge in [0.25, 0.3) is 0 Å². The molecule has 0 aliphatic rings. The Bertz CT molecular complexity index is 779. The molecular weight excluding hydrogens is 361 g/mol. The molecule has 0 saturated heterocycles. The Morgan fingerprint density at radius 3 is 2.37 bits per heavy atom. The molecular formula is C18H19F3N4O2. The first kappa shape index (κ1) is 20.4. The maximum absolute atomic E-state index is 13.2. The fourth-order valence-electron chi connectivity index (χ4n) is 2.32. The molecule has 2 rings (SSSR count). The molecule has 9 heteroatoms. The molecule has 1 heterocycles. The molecule has 144 valence electrons. The maximum Gasteiger partial charge on any atom is 0.407 e. The van der Waals surface area contributed by atoms with Gasteiger partial charge in [-0.3, -0.25) is 19.9 Å². The molecule has 2 amide bonds. The molecule has 27 heavy (non-hydrogen) atoms. The number of halogens is 3. The van der Waals surface area contributed by atoms with Crippen LogP contribution in [0.5, 0.6) is 0 Å². The van der Waals surface area contributed by atoms with Gasteiger partial charge in [-0.15, -0.1) is 0 Å². The van der Waals surface area contributed by atoms with Crippen LogP contribution in [-0.2, 0) is 9.59 Å². The summed E-state index contributed by atoms with van der Waals surface area (Å²) in [7, 11) is 1.61. The highest BCUT2D eigenvalue weighted by molar-refractivity contribution is 5.93. The van der Waals surface area contributed by atoms with Crippen LogP contribution in [0.1, 0.15) is 18.5 Å². The Balaban J connectivity index is 1.97. The van der Waals surface area contributed by atoms with Crippen molar-refractivity contribution in [1.82, 2.24) is 10.3 Å². The lowest BCUT2D eigenvalue weighted by Crippen LogP contribution is -2.38. The molecule has 2 aromatic rings. The van der Waals surface area contributed by atoms with E-state index in [1.54, 1.807) is 31.3 Å². The number of alkyl halides is 3. The molecule has 0 fully saturated rings. The van der Waals surface area contributed by atoms with E-state index in [4.69, 9.17) is 0 Å². The standard InChI is InChI=1S/C18H19F3N4O2/c1-12(26)25(2)15-7-5-14(6-8-15)24-16(27)11-23-17(18(19,20)21)13-4-3-9-22-10-13/h3-10,17,23H,11H2,1-2H3,(H,24,27)/t17-/m1/s1. The number of hydrogen-bond acceptors (Lipinski definition) is 4. The number of benzene rings is 1. The number of anilines is 2. The number of nitrogens with one attached hydrogen (secondary N) is 2. The zero-order valence-corrected chi connectivity index (χ0v) is 14.7. The smallest absolute Gasteiger partial charge is 0.325 e. The van der Waals surface area contributed by atoms with Crippen LogP contribution in [0.15, 0.2) is 48.8 Å². The van der Waals surface area contributed by atoms with Gasteiger partial charge in [-0.05, 0) is 35.9 Å².